The first-order chi connectivity index (χ1) is 13.5. The van der Waals surface area contributed by atoms with Crippen LogP contribution in [0.5, 0.6) is 0 Å². The number of rotatable bonds is 4. The van der Waals surface area contributed by atoms with E-state index in [0.717, 1.165) is 16.6 Å². The molecule has 1 heterocycles. The van der Waals surface area contributed by atoms with Crippen LogP contribution in [0.4, 0.5) is 11.6 Å². The minimum Gasteiger partial charge on any atom is -0.385 e. The lowest BCUT2D eigenvalue weighted by molar-refractivity contribution is -0.120. The molecule has 0 aliphatic carbocycles. The molecule has 2 aromatic carbocycles. The Balaban J connectivity index is 0.00000320. The SMILES string of the molecule is C.[C-]#[N+]c1cc2c(cc1C)nc(NC(=O)C[C@@](C)(O)c1ccccc1)n2C(C)(C)C. The molecule has 3 aromatic rings. The van der Waals surface area contributed by atoms with Gasteiger partial charge in [-0.25, -0.2) is 9.83 Å². The maximum Gasteiger partial charge on any atom is 0.229 e. The zero-order valence-electron chi connectivity index (χ0n) is 17.4. The maximum absolute atomic E-state index is 12.8. The smallest absolute Gasteiger partial charge is 0.229 e. The fraction of sp³-hybridized carbons (Fsp3) is 0.375. The van der Waals surface area contributed by atoms with Crippen molar-refractivity contribution in [2.45, 2.75) is 59.6 Å². The summed E-state index contributed by atoms with van der Waals surface area (Å²) in [6, 6.07) is 12.8. The van der Waals surface area contributed by atoms with Crippen LogP contribution in [-0.4, -0.2) is 20.6 Å². The van der Waals surface area contributed by atoms with Gasteiger partial charge in [0.05, 0.1) is 29.6 Å². The number of fused-ring (bicyclic) bond motifs is 1. The van der Waals surface area contributed by atoms with E-state index in [1.54, 1.807) is 19.1 Å². The van der Waals surface area contributed by atoms with Crippen molar-refractivity contribution in [1.29, 1.82) is 0 Å². The number of aliphatic hydroxyl groups is 1. The Bertz CT molecular complexity index is 1100. The summed E-state index contributed by atoms with van der Waals surface area (Å²) in [5, 5.41) is 13.7. The van der Waals surface area contributed by atoms with Crippen molar-refractivity contribution < 1.29 is 9.90 Å². The summed E-state index contributed by atoms with van der Waals surface area (Å²) in [6.45, 7) is 16.9. The third-order valence-corrected chi connectivity index (χ3v) is 4.92. The molecule has 2 N–H and O–H groups in total. The number of aryl methyl sites for hydroxylation is 1. The Morgan fingerprint density at radius 3 is 2.40 bits per heavy atom. The maximum atomic E-state index is 12.8. The Labute approximate surface area is 178 Å². The molecule has 1 atom stereocenters. The number of nitrogens with zero attached hydrogens (tertiary/aromatic N) is 3. The first kappa shape index (κ1) is 23.1. The first-order valence-electron chi connectivity index (χ1n) is 9.52. The fourth-order valence-electron chi connectivity index (χ4n) is 3.48. The van der Waals surface area contributed by atoms with Crippen LogP contribution in [0.3, 0.4) is 0 Å². The van der Waals surface area contributed by atoms with Gasteiger partial charge in [-0.05, 0) is 57.9 Å². The van der Waals surface area contributed by atoms with E-state index < -0.39 is 5.60 Å². The molecule has 0 saturated carbocycles. The summed E-state index contributed by atoms with van der Waals surface area (Å²) >= 11 is 0. The highest BCUT2D eigenvalue weighted by Crippen LogP contribution is 2.33. The van der Waals surface area contributed by atoms with E-state index >= 15 is 0 Å². The molecule has 1 amide bonds. The Morgan fingerprint density at radius 2 is 1.83 bits per heavy atom. The van der Waals surface area contributed by atoms with Gasteiger partial charge < -0.3 is 9.67 Å². The van der Waals surface area contributed by atoms with Crippen LogP contribution >= 0.6 is 0 Å². The van der Waals surface area contributed by atoms with Gasteiger partial charge in [0.1, 0.15) is 0 Å². The molecule has 0 aliphatic heterocycles. The minimum absolute atomic E-state index is 0. The van der Waals surface area contributed by atoms with Crippen molar-refractivity contribution in [2.75, 3.05) is 5.32 Å². The summed E-state index contributed by atoms with van der Waals surface area (Å²) in [5.74, 6) is 0.0738. The van der Waals surface area contributed by atoms with Crippen LogP contribution in [0.2, 0.25) is 0 Å². The van der Waals surface area contributed by atoms with Gasteiger partial charge in [0.25, 0.3) is 0 Å². The second-order valence-electron chi connectivity index (χ2n) is 8.55. The third-order valence-electron chi connectivity index (χ3n) is 4.92. The minimum atomic E-state index is -1.29. The van der Waals surface area contributed by atoms with Gasteiger partial charge in [0, 0.05) is 5.54 Å². The Hall–Kier alpha value is -3.17. The van der Waals surface area contributed by atoms with E-state index in [1.807, 2.05) is 62.6 Å². The number of hydrogen-bond acceptors (Lipinski definition) is 3. The van der Waals surface area contributed by atoms with Crippen molar-refractivity contribution >= 4 is 28.6 Å². The van der Waals surface area contributed by atoms with Crippen molar-refractivity contribution in [3.63, 3.8) is 0 Å². The van der Waals surface area contributed by atoms with Crippen molar-refractivity contribution in [1.82, 2.24) is 9.55 Å². The summed E-state index contributed by atoms with van der Waals surface area (Å²) < 4.78 is 1.92. The first-order valence-corrected chi connectivity index (χ1v) is 9.52. The average Bonchev–Trinajstić information content (AvgIpc) is 2.97. The number of carbonyl (C=O) groups is 1. The molecule has 0 unspecified atom stereocenters. The number of benzene rings is 2. The molecule has 0 fully saturated rings. The third kappa shape index (κ3) is 4.52. The van der Waals surface area contributed by atoms with E-state index in [0.29, 0.717) is 17.2 Å². The van der Waals surface area contributed by atoms with Gasteiger partial charge >= 0.3 is 0 Å². The topological polar surface area (TPSA) is 71.5 Å². The Morgan fingerprint density at radius 1 is 1.20 bits per heavy atom. The molecule has 0 aliphatic rings. The number of amides is 1. The van der Waals surface area contributed by atoms with Crippen LogP contribution in [0.1, 0.15) is 52.7 Å². The fourth-order valence-corrected chi connectivity index (χ4v) is 3.48. The van der Waals surface area contributed by atoms with E-state index in [4.69, 9.17) is 6.57 Å². The zero-order chi connectivity index (χ0) is 21.4. The quantitative estimate of drug-likeness (QED) is 0.560. The molecule has 0 radical (unpaired) electrons. The zero-order valence-corrected chi connectivity index (χ0v) is 17.4. The number of carbonyl (C=O) groups excluding carboxylic acids is 1. The van der Waals surface area contributed by atoms with Gasteiger partial charge in [0.2, 0.25) is 11.9 Å². The lowest BCUT2D eigenvalue weighted by Crippen LogP contribution is -2.31. The Kier molecular flexibility index (Phi) is 6.39. The monoisotopic (exact) mass is 406 g/mol. The van der Waals surface area contributed by atoms with Gasteiger partial charge in [-0.15, -0.1) is 0 Å². The predicted molar refractivity (Wildman–Crippen MR) is 122 cm³/mol. The predicted octanol–water partition coefficient (Wildman–Crippen LogP) is 5.52. The highest BCUT2D eigenvalue weighted by atomic mass is 16.3. The molecule has 0 spiro atoms. The lowest BCUT2D eigenvalue weighted by Gasteiger charge is -2.26. The van der Waals surface area contributed by atoms with Crippen LogP contribution in [0.25, 0.3) is 15.9 Å². The lowest BCUT2D eigenvalue weighted by atomic mass is 9.92. The van der Waals surface area contributed by atoms with Gasteiger partial charge in [-0.2, -0.15) is 0 Å². The van der Waals surface area contributed by atoms with Crippen LogP contribution in [0, 0.1) is 13.5 Å². The standard InChI is InChI=1S/C23H26N4O2.CH4/c1-15-12-18-19(13-17(15)24-6)27(22(2,3)4)21(25-18)26-20(28)14-23(5,29)16-10-8-7-9-11-16;/h7-13,29H,14H2,1-5H3,(H,25,26,28);1H4/t23-;/m1./s1. The molecule has 0 bridgehead atoms. The summed E-state index contributed by atoms with van der Waals surface area (Å²) in [5.41, 5.74) is 1.93. The van der Waals surface area contributed by atoms with E-state index in [1.165, 1.54) is 0 Å². The van der Waals surface area contributed by atoms with Gasteiger partial charge in [0.15, 0.2) is 5.69 Å². The number of nitrogens with one attached hydrogen (secondary N) is 1. The number of anilines is 1. The second-order valence-corrected chi connectivity index (χ2v) is 8.55. The number of hydrogen-bond donors (Lipinski definition) is 2. The molecule has 6 nitrogen and oxygen atoms in total. The summed E-state index contributed by atoms with van der Waals surface area (Å²) in [7, 11) is 0. The average molecular weight is 407 g/mol. The highest BCUT2D eigenvalue weighted by Gasteiger charge is 2.29. The normalized spacial score (nSPS) is 13.2. The molecule has 6 heteroatoms. The molecule has 0 saturated heterocycles. The molecule has 1 aromatic heterocycles. The summed E-state index contributed by atoms with van der Waals surface area (Å²) in [6.07, 6.45) is -0.101. The van der Waals surface area contributed by atoms with Gasteiger partial charge in [-0.3, -0.25) is 10.1 Å². The molecular weight excluding hydrogens is 376 g/mol. The molecular formula is C24H30N4O2. The van der Waals surface area contributed by atoms with E-state index in [-0.39, 0.29) is 25.3 Å². The largest absolute Gasteiger partial charge is 0.385 e. The van der Waals surface area contributed by atoms with E-state index in [2.05, 4.69) is 15.1 Å². The van der Waals surface area contributed by atoms with Crippen molar-refractivity contribution in [3.05, 3.63) is 65.0 Å². The van der Waals surface area contributed by atoms with Crippen LogP contribution < -0.4 is 5.32 Å². The van der Waals surface area contributed by atoms with Crippen molar-refractivity contribution in [2.24, 2.45) is 0 Å². The molecule has 158 valence electrons. The van der Waals surface area contributed by atoms with E-state index in [9.17, 15) is 9.90 Å². The number of aromatic nitrogens is 2. The van der Waals surface area contributed by atoms with Crippen LogP contribution in [0.15, 0.2) is 42.5 Å². The number of imidazole rings is 1. The van der Waals surface area contributed by atoms with Crippen LogP contribution in [-0.2, 0) is 15.9 Å². The molecule has 30 heavy (non-hydrogen) atoms. The second kappa shape index (κ2) is 8.29. The molecule has 3 rings (SSSR count). The van der Waals surface area contributed by atoms with Crippen molar-refractivity contribution in [3.8, 4) is 0 Å². The summed E-state index contributed by atoms with van der Waals surface area (Å²) in [4.78, 5) is 21.0. The van der Waals surface area contributed by atoms with Gasteiger partial charge in [-0.1, -0.05) is 37.8 Å². The highest BCUT2D eigenvalue weighted by molar-refractivity contribution is 5.93.